The molecule has 1 aliphatic heterocycles. The van der Waals surface area contributed by atoms with E-state index >= 15 is 0 Å². The van der Waals surface area contributed by atoms with Crippen molar-refractivity contribution < 1.29 is 9.53 Å². The van der Waals surface area contributed by atoms with Crippen LogP contribution in [0.5, 0.6) is 0 Å². The van der Waals surface area contributed by atoms with Gasteiger partial charge in [0.2, 0.25) is 0 Å². The third-order valence-corrected chi connectivity index (χ3v) is 3.77. The van der Waals surface area contributed by atoms with Crippen LogP contribution in [0.15, 0.2) is 48.8 Å². The molecular formula is C18H20N2O2. The van der Waals surface area contributed by atoms with Crippen molar-refractivity contribution in [2.45, 2.75) is 32.9 Å². The van der Waals surface area contributed by atoms with Gasteiger partial charge in [-0.05, 0) is 11.5 Å². The highest BCUT2D eigenvalue weighted by atomic mass is 16.5. The number of benzene rings is 1. The van der Waals surface area contributed by atoms with Crippen molar-refractivity contribution in [2.75, 3.05) is 0 Å². The Balaban J connectivity index is 1.93. The highest BCUT2D eigenvalue weighted by Crippen LogP contribution is 2.37. The highest BCUT2D eigenvalue weighted by molar-refractivity contribution is 5.90. The molecule has 114 valence electrons. The maximum absolute atomic E-state index is 11.6. The molecule has 1 aromatic heterocycles. The van der Waals surface area contributed by atoms with Crippen LogP contribution in [0.4, 0.5) is 0 Å². The molecule has 1 fully saturated rings. The molecule has 0 aliphatic carbocycles. The Morgan fingerprint density at radius 3 is 2.86 bits per heavy atom. The lowest BCUT2D eigenvalue weighted by Gasteiger charge is -2.13. The average molecular weight is 296 g/mol. The van der Waals surface area contributed by atoms with Crippen molar-refractivity contribution in [1.29, 1.82) is 0 Å². The van der Waals surface area contributed by atoms with Crippen LogP contribution < -0.4 is 0 Å². The molecule has 2 aromatic rings. The van der Waals surface area contributed by atoms with E-state index < -0.39 is 0 Å². The molecule has 22 heavy (non-hydrogen) atoms. The van der Waals surface area contributed by atoms with Crippen LogP contribution in [0.2, 0.25) is 0 Å². The number of cyclic esters (lactones) is 1. The summed E-state index contributed by atoms with van der Waals surface area (Å²) in [5, 5.41) is 4.42. The Kier molecular flexibility index (Phi) is 3.84. The molecule has 1 aromatic carbocycles. The SMILES string of the molecule is C=C1CC(c2ccccc2-c2cnn(CC(C)C)c2)OC1=O. The first-order chi connectivity index (χ1) is 10.5. The van der Waals surface area contributed by atoms with Crippen LogP contribution >= 0.6 is 0 Å². The van der Waals surface area contributed by atoms with E-state index in [2.05, 4.69) is 25.5 Å². The molecule has 4 heteroatoms. The van der Waals surface area contributed by atoms with Crippen LogP contribution in [0.3, 0.4) is 0 Å². The van der Waals surface area contributed by atoms with E-state index in [4.69, 9.17) is 4.74 Å². The Bertz CT molecular complexity index is 699. The normalized spacial score (nSPS) is 18.0. The highest BCUT2D eigenvalue weighted by Gasteiger charge is 2.30. The number of hydrogen-bond acceptors (Lipinski definition) is 3. The van der Waals surface area contributed by atoms with Crippen LogP contribution in [-0.4, -0.2) is 15.7 Å². The van der Waals surface area contributed by atoms with Gasteiger partial charge in [0.25, 0.3) is 0 Å². The lowest BCUT2D eigenvalue weighted by atomic mass is 9.96. The summed E-state index contributed by atoms with van der Waals surface area (Å²) in [6, 6.07) is 8.00. The number of rotatable bonds is 4. The van der Waals surface area contributed by atoms with Gasteiger partial charge < -0.3 is 4.74 Å². The second-order valence-corrected chi connectivity index (χ2v) is 6.13. The van der Waals surface area contributed by atoms with Crippen molar-refractivity contribution >= 4 is 5.97 Å². The molecule has 4 nitrogen and oxygen atoms in total. The first kappa shape index (κ1) is 14.6. The summed E-state index contributed by atoms with van der Waals surface area (Å²) in [6.45, 7) is 8.98. The molecule has 3 rings (SSSR count). The van der Waals surface area contributed by atoms with E-state index in [1.54, 1.807) is 0 Å². The minimum Gasteiger partial charge on any atom is -0.454 e. The van der Waals surface area contributed by atoms with Gasteiger partial charge in [-0.3, -0.25) is 4.68 Å². The van der Waals surface area contributed by atoms with Crippen molar-refractivity contribution in [3.8, 4) is 11.1 Å². The topological polar surface area (TPSA) is 44.1 Å². The van der Waals surface area contributed by atoms with E-state index in [9.17, 15) is 4.79 Å². The summed E-state index contributed by atoms with van der Waals surface area (Å²) < 4.78 is 7.38. The molecule has 0 N–H and O–H groups in total. The Morgan fingerprint density at radius 2 is 2.18 bits per heavy atom. The minimum absolute atomic E-state index is 0.246. The van der Waals surface area contributed by atoms with Gasteiger partial charge in [0.1, 0.15) is 6.10 Å². The first-order valence-corrected chi connectivity index (χ1v) is 7.55. The van der Waals surface area contributed by atoms with Gasteiger partial charge in [0.05, 0.1) is 6.20 Å². The first-order valence-electron chi connectivity index (χ1n) is 7.55. The zero-order valence-corrected chi connectivity index (χ0v) is 13.0. The average Bonchev–Trinajstić information content (AvgIpc) is 3.06. The van der Waals surface area contributed by atoms with Gasteiger partial charge in [-0.1, -0.05) is 44.7 Å². The molecule has 0 radical (unpaired) electrons. The van der Waals surface area contributed by atoms with Crippen molar-refractivity contribution in [2.24, 2.45) is 5.92 Å². The number of nitrogens with zero attached hydrogens (tertiary/aromatic N) is 2. The zero-order valence-electron chi connectivity index (χ0n) is 13.0. The number of carbonyl (C=O) groups excluding carboxylic acids is 1. The van der Waals surface area contributed by atoms with Crippen molar-refractivity contribution in [1.82, 2.24) is 9.78 Å². The maximum atomic E-state index is 11.6. The van der Waals surface area contributed by atoms with Crippen LogP contribution in [-0.2, 0) is 16.1 Å². The standard InChI is InChI=1S/C18H20N2O2/c1-12(2)10-20-11-14(9-19-20)15-6-4-5-7-16(15)17-8-13(3)18(21)22-17/h4-7,9,11-12,17H,3,8,10H2,1-2H3. The fourth-order valence-electron chi connectivity index (χ4n) is 2.75. The molecule has 2 heterocycles. The Labute approximate surface area is 130 Å². The molecule has 0 spiro atoms. The number of hydrogen-bond donors (Lipinski definition) is 0. The van der Waals surface area contributed by atoms with E-state index in [1.807, 2.05) is 41.3 Å². The van der Waals surface area contributed by atoms with Gasteiger partial charge in [-0.2, -0.15) is 5.10 Å². The van der Waals surface area contributed by atoms with Crippen LogP contribution in [0, 0.1) is 5.92 Å². The van der Waals surface area contributed by atoms with E-state index in [0.717, 1.165) is 23.2 Å². The lowest BCUT2D eigenvalue weighted by Crippen LogP contribution is -2.04. The summed E-state index contributed by atoms with van der Waals surface area (Å²) in [4.78, 5) is 11.6. The quantitative estimate of drug-likeness (QED) is 0.637. The summed E-state index contributed by atoms with van der Waals surface area (Å²) in [5.74, 6) is 0.248. The number of aromatic nitrogens is 2. The number of carbonyl (C=O) groups is 1. The summed E-state index contributed by atoms with van der Waals surface area (Å²) in [5.41, 5.74) is 3.66. The molecule has 0 bridgehead atoms. The fourth-order valence-corrected chi connectivity index (χ4v) is 2.75. The molecule has 0 saturated carbocycles. The monoisotopic (exact) mass is 296 g/mol. The third kappa shape index (κ3) is 2.82. The summed E-state index contributed by atoms with van der Waals surface area (Å²) >= 11 is 0. The predicted molar refractivity (Wildman–Crippen MR) is 85.1 cm³/mol. The summed E-state index contributed by atoms with van der Waals surface area (Å²) in [7, 11) is 0. The largest absolute Gasteiger partial charge is 0.454 e. The van der Waals surface area contributed by atoms with E-state index in [0.29, 0.717) is 17.9 Å². The lowest BCUT2D eigenvalue weighted by molar-refractivity contribution is -0.139. The smallest absolute Gasteiger partial charge is 0.334 e. The van der Waals surface area contributed by atoms with Crippen molar-refractivity contribution in [3.63, 3.8) is 0 Å². The predicted octanol–water partition coefficient (Wildman–Crippen LogP) is 3.75. The third-order valence-electron chi connectivity index (χ3n) is 3.77. The fraction of sp³-hybridized carbons (Fsp3) is 0.333. The number of esters is 1. The summed E-state index contributed by atoms with van der Waals surface area (Å²) in [6.07, 6.45) is 4.22. The molecular weight excluding hydrogens is 276 g/mol. The minimum atomic E-state index is -0.296. The van der Waals surface area contributed by atoms with Crippen LogP contribution in [0.1, 0.15) is 31.9 Å². The van der Waals surface area contributed by atoms with E-state index in [1.165, 1.54) is 0 Å². The zero-order chi connectivity index (χ0) is 15.7. The number of ether oxygens (including phenoxy) is 1. The van der Waals surface area contributed by atoms with Crippen molar-refractivity contribution in [3.05, 3.63) is 54.4 Å². The van der Waals surface area contributed by atoms with Gasteiger partial charge in [0.15, 0.2) is 0 Å². The van der Waals surface area contributed by atoms with Crippen LogP contribution in [0.25, 0.3) is 11.1 Å². The van der Waals surface area contributed by atoms with Gasteiger partial charge in [-0.25, -0.2) is 4.79 Å². The van der Waals surface area contributed by atoms with Gasteiger partial charge in [0, 0.05) is 35.9 Å². The van der Waals surface area contributed by atoms with E-state index in [-0.39, 0.29) is 12.1 Å². The van der Waals surface area contributed by atoms with Gasteiger partial charge in [-0.15, -0.1) is 0 Å². The Morgan fingerprint density at radius 1 is 1.41 bits per heavy atom. The second-order valence-electron chi connectivity index (χ2n) is 6.13. The molecule has 1 aliphatic rings. The molecule has 0 amide bonds. The van der Waals surface area contributed by atoms with Gasteiger partial charge >= 0.3 is 5.97 Å². The Hall–Kier alpha value is -2.36. The molecule has 1 saturated heterocycles. The maximum Gasteiger partial charge on any atom is 0.334 e. The molecule has 1 unspecified atom stereocenters. The molecule has 1 atom stereocenters. The second kappa shape index (κ2) is 5.79.